The number of anilines is 1. The fraction of sp³-hybridized carbons (Fsp3) is 0.459. The Hall–Kier alpha value is -4.18. The summed E-state index contributed by atoms with van der Waals surface area (Å²) in [5, 5.41) is 10.3. The van der Waals surface area contributed by atoms with Crippen LogP contribution in [0.3, 0.4) is 0 Å². The van der Waals surface area contributed by atoms with Gasteiger partial charge in [-0.2, -0.15) is 0 Å². The Morgan fingerprint density at radius 3 is 2.29 bits per heavy atom. The number of likely N-dealkylation sites (tertiary alicyclic amines) is 1. The van der Waals surface area contributed by atoms with E-state index in [2.05, 4.69) is 0 Å². The van der Waals surface area contributed by atoms with Crippen LogP contribution in [-0.4, -0.2) is 53.9 Å². The predicted octanol–water partition coefficient (Wildman–Crippen LogP) is 6.31. The standard InChI is InChI=1S/C37H38ClFN2O7/c1-37-25(13-9-19-15-29(47-2)32(42)30(16-19)48-3)22-11-12-23-31(35(45)40(33(23)43)20-7-5-4-6-8-20)24(22)18-26(37)34(44)41(36(37)46)21-10-14-28(39)27(38)17-21/h9-11,13-17,20,23-26,31,42H,4-8,12,18H2,1-3H3. The minimum Gasteiger partial charge on any atom is -0.502 e. The number of aromatic hydroxyl groups is 1. The number of rotatable bonds is 6. The van der Waals surface area contributed by atoms with Crippen LogP contribution in [-0.2, 0) is 19.2 Å². The highest BCUT2D eigenvalue weighted by Crippen LogP contribution is 2.61. The maximum Gasteiger partial charge on any atom is 0.241 e. The summed E-state index contributed by atoms with van der Waals surface area (Å²) in [7, 11) is 2.86. The Balaban J connectivity index is 1.33. The summed E-state index contributed by atoms with van der Waals surface area (Å²) in [6.45, 7) is 1.77. The van der Waals surface area contributed by atoms with Gasteiger partial charge in [0.2, 0.25) is 29.4 Å². The molecule has 11 heteroatoms. The molecule has 2 aliphatic heterocycles. The second kappa shape index (κ2) is 12.1. The normalized spacial score (nSPS) is 30.4. The molecular weight excluding hydrogens is 639 g/mol. The Kier molecular flexibility index (Phi) is 8.13. The lowest BCUT2D eigenvalue weighted by Gasteiger charge is -2.48. The van der Waals surface area contributed by atoms with Crippen molar-refractivity contribution in [2.45, 2.75) is 57.9 Å². The first-order valence-electron chi connectivity index (χ1n) is 16.5. The largest absolute Gasteiger partial charge is 0.502 e. The fourth-order valence-corrected chi connectivity index (χ4v) is 9.20. The van der Waals surface area contributed by atoms with Crippen molar-refractivity contribution in [2.24, 2.45) is 35.0 Å². The average Bonchev–Trinajstić information content (AvgIpc) is 3.45. The second-order valence-corrected chi connectivity index (χ2v) is 14.2. The molecule has 2 aromatic rings. The van der Waals surface area contributed by atoms with Crippen LogP contribution in [0.25, 0.3) is 6.08 Å². The highest BCUT2D eigenvalue weighted by atomic mass is 35.5. The van der Waals surface area contributed by atoms with E-state index < -0.39 is 52.6 Å². The van der Waals surface area contributed by atoms with Crippen molar-refractivity contribution in [3.63, 3.8) is 0 Å². The third-order valence-corrected chi connectivity index (χ3v) is 11.8. The number of nitrogens with zero attached hydrogens (tertiary/aromatic N) is 2. The quantitative estimate of drug-likeness (QED) is 0.282. The van der Waals surface area contributed by atoms with E-state index in [0.717, 1.165) is 48.6 Å². The van der Waals surface area contributed by atoms with E-state index >= 15 is 0 Å². The van der Waals surface area contributed by atoms with Gasteiger partial charge in [0.25, 0.3) is 0 Å². The molecule has 5 aliphatic rings. The molecule has 4 amide bonds. The molecule has 2 saturated carbocycles. The zero-order chi connectivity index (χ0) is 34.1. The number of halogens is 2. The highest BCUT2D eigenvalue weighted by Gasteiger charge is 2.67. The molecule has 0 aromatic heterocycles. The number of hydrogen-bond donors (Lipinski definition) is 1. The number of benzene rings is 2. The number of allylic oxidation sites excluding steroid dienone is 3. The van der Waals surface area contributed by atoms with Gasteiger partial charge in [-0.15, -0.1) is 0 Å². The molecule has 48 heavy (non-hydrogen) atoms. The van der Waals surface area contributed by atoms with Gasteiger partial charge in [0.1, 0.15) is 5.82 Å². The molecule has 1 N–H and O–H groups in total. The number of fused-ring (bicyclic) bond motifs is 4. The van der Waals surface area contributed by atoms with Gasteiger partial charge in [-0.1, -0.05) is 54.7 Å². The summed E-state index contributed by atoms with van der Waals surface area (Å²) in [5.41, 5.74) is 0.389. The van der Waals surface area contributed by atoms with E-state index in [9.17, 15) is 28.7 Å². The third kappa shape index (κ3) is 4.77. The lowest BCUT2D eigenvalue weighted by Crippen LogP contribution is -2.49. The first kappa shape index (κ1) is 32.4. The van der Waals surface area contributed by atoms with E-state index in [1.807, 2.05) is 12.2 Å². The van der Waals surface area contributed by atoms with Crippen molar-refractivity contribution < 1.29 is 38.1 Å². The molecule has 2 saturated heterocycles. The van der Waals surface area contributed by atoms with Gasteiger partial charge >= 0.3 is 0 Å². The number of phenolic OH excluding ortho intramolecular Hbond substituents is 1. The lowest BCUT2D eigenvalue weighted by molar-refractivity contribution is -0.144. The van der Waals surface area contributed by atoms with E-state index in [1.54, 1.807) is 25.1 Å². The number of carbonyl (C=O) groups excluding carboxylic acids is 4. The van der Waals surface area contributed by atoms with Crippen molar-refractivity contribution in [2.75, 3.05) is 19.1 Å². The third-order valence-electron chi connectivity index (χ3n) is 11.5. The first-order valence-corrected chi connectivity index (χ1v) is 16.9. The van der Waals surface area contributed by atoms with Crippen LogP contribution in [0.4, 0.5) is 10.1 Å². The topological polar surface area (TPSA) is 113 Å². The second-order valence-electron chi connectivity index (χ2n) is 13.8. The molecule has 7 rings (SSSR count). The van der Waals surface area contributed by atoms with Crippen LogP contribution < -0.4 is 14.4 Å². The maximum absolute atomic E-state index is 14.5. The molecule has 0 spiro atoms. The van der Waals surface area contributed by atoms with Gasteiger partial charge in [-0.05, 0) is 74.4 Å². The van der Waals surface area contributed by atoms with Gasteiger partial charge < -0.3 is 14.6 Å². The molecule has 9 nitrogen and oxygen atoms in total. The number of methoxy groups -OCH3 is 2. The molecule has 2 aromatic carbocycles. The summed E-state index contributed by atoms with van der Waals surface area (Å²) in [4.78, 5) is 59.5. The SMILES string of the molecule is COc1cc(C=CC2C3=CCC4C(=O)N(C5CCCCC5)C(=O)C4C3CC3C(=O)N(c4ccc(F)c(Cl)c4)C(=O)C23C)cc(OC)c1O. The number of amides is 4. The molecular formula is C37H38ClFN2O7. The highest BCUT2D eigenvalue weighted by molar-refractivity contribution is 6.31. The van der Waals surface area contributed by atoms with Crippen LogP contribution in [0.2, 0.25) is 5.02 Å². The number of ether oxygens (including phenoxy) is 2. The van der Waals surface area contributed by atoms with Crippen molar-refractivity contribution in [1.29, 1.82) is 0 Å². The molecule has 2 heterocycles. The Morgan fingerprint density at radius 1 is 0.958 bits per heavy atom. The molecule has 6 atom stereocenters. The number of carbonyl (C=O) groups is 4. The van der Waals surface area contributed by atoms with Crippen molar-refractivity contribution in [1.82, 2.24) is 4.90 Å². The predicted molar refractivity (Wildman–Crippen MR) is 176 cm³/mol. The van der Waals surface area contributed by atoms with E-state index in [4.69, 9.17) is 21.1 Å². The lowest BCUT2D eigenvalue weighted by atomic mass is 9.52. The van der Waals surface area contributed by atoms with E-state index in [1.165, 1.54) is 31.3 Å². The molecule has 3 aliphatic carbocycles. The van der Waals surface area contributed by atoms with Crippen LogP contribution in [0.15, 0.2) is 48.1 Å². The smallest absolute Gasteiger partial charge is 0.241 e. The van der Waals surface area contributed by atoms with Gasteiger partial charge in [0.05, 0.1) is 48.1 Å². The number of hydrogen-bond acceptors (Lipinski definition) is 7. The summed E-state index contributed by atoms with van der Waals surface area (Å²) in [5.74, 6) is -4.63. The first-order chi connectivity index (χ1) is 23.0. The van der Waals surface area contributed by atoms with Crippen LogP contribution >= 0.6 is 11.6 Å². The summed E-state index contributed by atoms with van der Waals surface area (Å²) >= 11 is 6.09. The molecule has 0 bridgehead atoms. The molecule has 0 radical (unpaired) electrons. The van der Waals surface area contributed by atoms with Gasteiger partial charge in [0, 0.05) is 12.0 Å². The van der Waals surface area contributed by atoms with Crippen molar-refractivity contribution >= 4 is 47.0 Å². The van der Waals surface area contributed by atoms with Crippen LogP contribution in [0.1, 0.15) is 57.4 Å². The number of phenols is 1. The molecule has 6 unspecified atom stereocenters. The van der Waals surface area contributed by atoms with Gasteiger partial charge in [-0.3, -0.25) is 24.1 Å². The van der Waals surface area contributed by atoms with Gasteiger partial charge in [-0.25, -0.2) is 9.29 Å². The number of imide groups is 2. The Labute approximate surface area is 283 Å². The van der Waals surface area contributed by atoms with Crippen molar-refractivity contribution in [3.8, 4) is 17.2 Å². The minimum atomic E-state index is -1.26. The minimum absolute atomic E-state index is 0.106. The maximum atomic E-state index is 14.5. The van der Waals surface area contributed by atoms with Crippen LogP contribution in [0, 0.1) is 40.8 Å². The molecule has 252 valence electrons. The Morgan fingerprint density at radius 2 is 1.65 bits per heavy atom. The monoisotopic (exact) mass is 676 g/mol. The van der Waals surface area contributed by atoms with E-state index in [0.29, 0.717) is 12.0 Å². The fourth-order valence-electron chi connectivity index (χ4n) is 9.03. The molecule has 4 fully saturated rings. The van der Waals surface area contributed by atoms with Crippen LogP contribution in [0.5, 0.6) is 17.2 Å². The summed E-state index contributed by atoms with van der Waals surface area (Å²) in [6.07, 6.45) is 10.9. The average molecular weight is 677 g/mol. The zero-order valence-corrected chi connectivity index (χ0v) is 27.8. The Bertz CT molecular complexity index is 1760. The summed E-state index contributed by atoms with van der Waals surface area (Å²) in [6, 6.07) is 6.93. The van der Waals surface area contributed by atoms with Gasteiger partial charge in [0.15, 0.2) is 11.5 Å². The van der Waals surface area contributed by atoms with Crippen molar-refractivity contribution in [3.05, 3.63) is 64.5 Å². The zero-order valence-electron chi connectivity index (χ0n) is 27.1. The summed E-state index contributed by atoms with van der Waals surface area (Å²) < 4.78 is 24.8. The van der Waals surface area contributed by atoms with E-state index in [-0.39, 0.29) is 52.2 Å².